The SMILES string of the molecule is COc1ccccc1NC(=O)Nc1nc(CC(=O)NCC(C)C)cs1. The average molecular weight is 362 g/mol. The summed E-state index contributed by atoms with van der Waals surface area (Å²) in [7, 11) is 1.54. The van der Waals surface area contributed by atoms with Gasteiger partial charge in [-0.05, 0) is 18.1 Å². The van der Waals surface area contributed by atoms with Crippen LogP contribution in [0.15, 0.2) is 29.6 Å². The third-order valence-electron chi connectivity index (χ3n) is 3.18. The van der Waals surface area contributed by atoms with E-state index in [1.807, 2.05) is 19.9 Å². The quantitative estimate of drug-likeness (QED) is 0.706. The van der Waals surface area contributed by atoms with E-state index in [1.165, 1.54) is 18.4 Å². The number of aromatic nitrogens is 1. The van der Waals surface area contributed by atoms with Crippen LogP contribution in [-0.2, 0) is 11.2 Å². The summed E-state index contributed by atoms with van der Waals surface area (Å²) < 4.78 is 5.18. The second-order valence-corrected chi connectivity index (χ2v) is 6.66. The lowest BCUT2D eigenvalue weighted by Gasteiger charge is -2.09. The summed E-state index contributed by atoms with van der Waals surface area (Å²) in [4.78, 5) is 28.1. The first kappa shape index (κ1) is 18.7. The molecule has 25 heavy (non-hydrogen) atoms. The van der Waals surface area contributed by atoms with Crippen LogP contribution in [-0.4, -0.2) is 30.6 Å². The molecule has 0 aliphatic heterocycles. The molecular formula is C17H22N4O3S. The van der Waals surface area contributed by atoms with E-state index >= 15 is 0 Å². The molecule has 2 aromatic rings. The number of benzene rings is 1. The number of rotatable bonds is 7. The van der Waals surface area contributed by atoms with Gasteiger partial charge in [-0.15, -0.1) is 11.3 Å². The summed E-state index contributed by atoms with van der Waals surface area (Å²) >= 11 is 1.27. The van der Waals surface area contributed by atoms with E-state index in [4.69, 9.17) is 4.74 Å². The molecule has 0 fully saturated rings. The molecule has 1 aromatic carbocycles. The van der Waals surface area contributed by atoms with Crippen LogP contribution >= 0.6 is 11.3 Å². The minimum absolute atomic E-state index is 0.0796. The lowest BCUT2D eigenvalue weighted by Crippen LogP contribution is -2.28. The van der Waals surface area contributed by atoms with E-state index in [-0.39, 0.29) is 12.3 Å². The fourth-order valence-corrected chi connectivity index (χ4v) is 2.69. The molecule has 1 aromatic heterocycles. The van der Waals surface area contributed by atoms with Crippen molar-refractivity contribution in [3.05, 3.63) is 35.3 Å². The number of carbonyl (C=O) groups excluding carboxylic acids is 2. The van der Waals surface area contributed by atoms with Crippen molar-refractivity contribution in [2.75, 3.05) is 24.3 Å². The number of hydrogen-bond donors (Lipinski definition) is 3. The highest BCUT2D eigenvalue weighted by molar-refractivity contribution is 7.14. The van der Waals surface area contributed by atoms with E-state index in [0.717, 1.165) is 0 Å². The van der Waals surface area contributed by atoms with E-state index < -0.39 is 6.03 Å². The Morgan fingerprint density at radius 3 is 2.72 bits per heavy atom. The molecule has 0 bridgehead atoms. The van der Waals surface area contributed by atoms with Crippen molar-refractivity contribution >= 4 is 34.1 Å². The smallest absolute Gasteiger partial charge is 0.325 e. The molecule has 3 amide bonds. The van der Waals surface area contributed by atoms with Crippen LogP contribution in [0.4, 0.5) is 15.6 Å². The number of anilines is 2. The Labute approximate surface area is 150 Å². The summed E-state index contributed by atoms with van der Waals surface area (Å²) in [5.41, 5.74) is 1.19. The van der Waals surface area contributed by atoms with E-state index in [1.54, 1.807) is 23.6 Å². The van der Waals surface area contributed by atoms with E-state index in [9.17, 15) is 9.59 Å². The second-order valence-electron chi connectivity index (χ2n) is 5.80. The van der Waals surface area contributed by atoms with Crippen LogP contribution in [0.25, 0.3) is 0 Å². The topological polar surface area (TPSA) is 92.3 Å². The van der Waals surface area contributed by atoms with Crippen molar-refractivity contribution in [3.63, 3.8) is 0 Å². The number of thiazole rings is 1. The number of nitrogens with zero attached hydrogens (tertiary/aromatic N) is 1. The Morgan fingerprint density at radius 2 is 2.00 bits per heavy atom. The molecule has 0 unspecified atom stereocenters. The first-order valence-corrected chi connectivity index (χ1v) is 8.78. The summed E-state index contributed by atoms with van der Waals surface area (Å²) in [5, 5.41) is 10.4. The Morgan fingerprint density at radius 1 is 1.24 bits per heavy atom. The van der Waals surface area contributed by atoms with Crippen molar-refractivity contribution < 1.29 is 14.3 Å². The zero-order valence-electron chi connectivity index (χ0n) is 14.5. The summed E-state index contributed by atoms with van der Waals surface area (Å²) in [6.45, 7) is 4.70. The fraction of sp³-hybridized carbons (Fsp3) is 0.353. The van der Waals surface area contributed by atoms with Crippen molar-refractivity contribution in [2.24, 2.45) is 5.92 Å². The highest BCUT2D eigenvalue weighted by Crippen LogP contribution is 2.23. The molecule has 0 radical (unpaired) electrons. The maximum atomic E-state index is 12.1. The maximum Gasteiger partial charge on any atom is 0.325 e. The number of methoxy groups -OCH3 is 1. The summed E-state index contributed by atoms with van der Waals surface area (Å²) in [6, 6.07) is 6.70. The van der Waals surface area contributed by atoms with Crippen LogP contribution in [0.2, 0.25) is 0 Å². The highest BCUT2D eigenvalue weighted by Gasteiger charge is 2.11. The van der Waals surface area contributed by atoms with Crippen LogP contribution < -0.4 is 20.7 Å². The van der Waals surface area contributed by atoms with Gasteiger partial charge in [0.25, 0.3) is 0 Å². The van der Waals surface area contributed by atoms with Crippen LogP contribution in [0, 0.1) is 5.92 Å². The van der Waals surface area contributed by atoms with Crippen molar-refractivity contribution in [3.8, 4) is 5.75 Å². The van der Waals surface area contributed by atoms with Gasteiger partial charge in [0.2, 0.25) is 5.91 Å². The zero-order valence-corrected chi connectivity index (χ0v) is 15.3. The van der Waals surface area contributed by atoms with Crippen LogP contribution in [0.1, 0.15) is 19.5 Å². The molecule has 0 spiro atoms. The molecule has 3 N–H and O–H groups in total. The largest absolute Gasteiger partial charge is 0.495 e. The minimum Gasteiger partial charge on any atom is -0.495 e. The third kappa shape index (κ3) is 6.07. The van der Waals surface area contributed by atoms with Gasteiger partial charge in [0.05, 0.1) is 24.9 Å². The van der Waals surface area contributed by atoms with Gasteiger partial charge in [-0.2, -0.15) is 0 Å². The second kappa shape index (κ2) is 9.03. The summed E-state index contributed by atoms with van der Waals surface area (Å²) in [5.74, 6) is 0.888. The first-order chi connectivity index (χ1) is 12.0. The standard InChI is InChI=1S/C17H22N4O3S/c1-11(2)9-18-15(22)8-12-10-25-17(19-12)21-16(23)20-13-6-4-5-7-14(13)24-3/h4-7,10-11H,8-9H2,1-3H3,(H,18,22)(H2,19,20,21,23). The van der Waals surface area contributed by atoms with Gasteiger partial charge >= 0.3 is 6.03 Å². The molecule has 1 heterocycles. The van der Waals surface area contributed by atoms with Gasteiger partial charge in [-0.25, -0.2) is 9.78 Å². The van der Waals surface area contributed by atoms with Gasteiger partial charge in [-0.1, -0.05) is 26.0 Å². The molecular weight excluding hydrogens is 340 g/mol. The van der Waals surface area contributed by atoms with Crippen molar-refractivity contribution in [2.45, 2.75) is 20.3 Å². The number of ether oxygens (including phenoxy) is 1. The molecule has 0 atom stereocenters. The zero-order chi connectivity index (χ0) is 18.2. The number of urea groups is 1. The predicted molar refractivity (Wildman–Crippen MR) is 99.3 cm³/mol. The summed E-state index contributed by atoms with van der Waals surface area (Å²) in [6.07, 6.45) is 0.193. The normalized spacial score (nSPS) is 10.4. The van der Waals surface area contributed by atoms with Crippen LogP contribution in [0.3, 0.4) is 0 Å². The molecule has 2 rings (SSSR count). The number of para-hydroxylation sites is 2. The lowest BCUT2D eigenvalue weighted by atomic mass is 10.2. The Bertz CT molecular complexity index is 730. The number of nitrogens with one attached hydrogen (secondary N) is 3. The fourth-order valence-electron chi connectivity index (χ4n) is 1.99. The van der Waals surface area contributed by atoms with E-state index in [2.05, 4.69) is 20.9 Å². The third-order valence-corrected chi connectivity index (χ3v) is 3.98. The molecule has 0 saturated heterocycles. The van der Waals surface area contributed by atoms with Crippen LogP contribution in [0.5, 0.6) is 5.75 Å². The van der Waals surface area contributed by atoms with Gasteiger partial charge in [0.15, 0.2) is 5.13 Å². The Hall–Kier alpha value is -2.61. The van der Waals surface area contributed by atoms with Gasteiger partial charge in [0.1, 0.15) is 5.75 Å². The van der Waals surface area contributed by atoms with Gasteiger partial charge < -0.3 is 15.4 Å². The maximum absolute atomic E-state index is 12.1. The molecule has 0 saturated carbocycles. The van der Waals surface area contributed by atoms with Crippen molar-refractivity contribution in [1.82, 2.24) is 10.3 Å². The van der Waals surface area contributed by atoms with Gasteiger partial charge in [0, 0.05) is 11.9 Å². The molecule has 134 valence electrons. The molecule has 8 heteroatoms. The molecule has 7 nitrogen and oxygen atoms in total. The Balaban J connectivity index is 1.88. The van der Waals surface area contributed by atoms with Crippen molar-refractivity contribution in [1.29, 1.82) is 0 Å². The first-order valence-electron chi connectivity index (χ1n) is 7.90. The highest BCUT2D eigenvalue weighted by atomic mass is 32.1. The average Bonchev–Trinajstić information content (AvgIpc) is 3.00. The number of carbonyl (C=O) groups is 2. The minimum atomic E-state index is -0.422. The van der Waals surface area contributed by atoms with E-state index in [0.29, 0.717) is 34.7 Å². The lowest BCUT2D eigenvalue weighted by molar-refractivity contribution is -0.120. The van der Waals surface area contributed by atoms with Gasteiger partial charge in [-0.3, -0.25) is 10.1 Å². The number of hydrogen-bond acceptors (Lipinski definition) is 5. The monoisotopic (exact) mass is 362 g/mol. The predicted octanol–water partition coefficient (Wildman–Crippen LogP) is 3.11. The molecule has 0 aliphatic rings. The Kier molecular flexibility index (Phi) is 6.76. The number of amides is 3. The molecule has 0 aliphatic carbocycles.